The number of aliphatic hydroxyl groups excluding tert-OH is 1. The summed E-state index contributed by atoms with van der Waals surface area (Å²) in [4.78, 5) is 257. The number of rotatable bonds is 49. The summed E-state index contributed by atoms with van der Waals surface area (Å²) in [6.07, 6.45) is 1.91. The molecule has 628 valence electrons. The number of H-pyrrole nitrogens is 2. The third-order valence-electron chi connectivity index (χ3n) is 17.8. The molecule has 1 aliphatic rings. The van der Waals surface area contributed by atoms with Gasteiger partial charge in [-0.1, -0.05) is 71.9 Å². The van der Waals surface area contributed by atoms with Gasteiger partial charge in [0.05, 0.1) is 38.3 Å². The molecule has 42 nitrogen and oxygen atoms in total. The minimum Gasteiger partial charge on any atom is -0.481 e. The quantitative estimate of drug-likeness (QED) is 0.0234. The Bertz CT molecular complexity index is 3830. The topological polar surface area (TPSA) is 663 Å². The monoisotopic (exact) mass is 1620 g/mol. The fourth-order valence-corrected chi connectivity index (χ4v) is 11.9. The number of hydrogen-bond donors (Lipinski definition) is 22. The van der Waals surface area contributed by atoms with E-state index in [0.29, 0.717) is 17.0 Å². The highest BCUT2D eigenvalue weighted by Gasteiger charge is 2.42. The van der Waals surface area contributed by atoms with Crippen LogP contribution in [0.5, 0.6) is 0 Å². The van der Waals surface area contributed by atoms with Gasteiger partial charge < -0.3 is 117 Å². The van der Waals surface area contributed by atoms with Crippen molar-refractivity contribution in [1.29, 1.82) is 0 Å². The number of amides is 16. The number of nitrogens with one attached hydrogen (secondary N) is 15. The first-order valence-corrected chi connectivity index (χ1v) is 37.5. The highest BCUT2D eigenvalue weighted by Crippen LogP contribution is 2.22. The summed E-state index contributed by atoms with van der Waals surface area (Å²) in [5.74, 6) is -19.4. The van der Waals surface area contributed by atoms with Crippen LogP contribution in [0.15, 0.2) is 55.4 Å². The molecular formula is C71H107N21O21S. The molecule has 43 heteroatoms. The molecule has 1 saturated heterocycles. The molecule has 0 radical (unpaired) electrons. The fraction of sp³-hybridized carbons (Fsp3) is 0.577. The molecule has 14 atom stereocenters. The zero-order valence-corrected chi connectivity index (χ0v) is 65.4. The summed E-state index contributed by atoms with van der Waals surface area (Å²) in [6, 6.07) is -12.4. The van der Waals surface area contributed by atoms with Crippen LogP contribution in [-0.4, -0.2) is 257 Å². The Labute approximate surface area is 661 Å². The van der Waals surface area contributed by atoms with E-state index in [1.54, 1.807) is 71.9 Å². The smallest absolute Gasteiger partial charge is 0.326 e. The maximum atomic E-state index is 14.6. The van der Waals surface area contributed by atoms with Gasteiger partial charge in [0.2, 0.25) is 94.5 Å². The molecule has 0 saturated carbocycles. The number of benzene rings is 1. The van der Waals surface area contributed by atoms with Crippen molar-refractivity contribution in [3.63, 3.8) is 0 Å². The van der Waals surface area contributed by atoms with Crippen LogP contribution < -0.4 is 86.3 Å². The van der Waals surface area contributed by atoms with Crippen molar-refractivity contribution in [3.8, 4) is 0 Å². The summed E-state index contributed by atoms with van der Waals surface area (Å²) < 4.78 is 0. The number of carboxylic acids is 2. The van der Waals surface area contributed by atoms with Crippen LogP contribution >= 0.6 is 12.6 Å². The summed E-state index contributed by atoms with van der Waals surface area (Å²) >= 11 is 3.96. The Kier molecular flexibility index (Phi) is 39.1. The molecule has 2 aromatic heterocycles. The van der Waals surface area contributed by atoms with E-state index in [0.717, 1.165) is 4.90 Å². The number of carbonyl (C=O) groups excluding carboxylic acids is 16. The van der Waals surface area contributed by atoms with Crippen molar-refractivity contribution in [2.24, 2.45) is 35.0 Å². The molecule has 16 amide bonds. The summed E-state index contributed by atoms with van der Waals surface area (Å²) in [5, 5.41) is 61.2. The van der Waals surface area contributed by atoms with Crippen LogP contribution in [0, 0.1) is 17.8 Å². The number of nitrogens with zero attached hydrogens (tertiary/aromatic N) is 3. The van der Waals surface area contributed by atoms with Crippen LogP contribution in [0.2, 0.25) is 0 Å². The highest BCUT2D eigenvalue weighted by molar-refractivity contribution is 7.80. The first-order chi connectivity index (χ1) is 53.7. The predicted octanol–water partition coefficient (Wildman–Crippen LogP) is -6.79. The van der Waals surface area contributed by atoms with Crippen molar-refractivity contribution in [1.82, 2.24) is 94.0 Å². The summed E-state index contributed by atoms with van der Waals surface area (Å²) in [5.41, 5.74) is 17.5. The summed E-state index contributed by atoms with van der Waals surface area (Å²) in [6.45, 7) is 10.6. The van der Waals surface area contributed by atoms with E-state index >= 15 is 0 Å². The van der Waals surface area contributed by atoms with Crippen molar-refractivity contribution >= 4 is 119 Å². The SMILES string of the molecule is CC(C)C[C@H](NC(=O)[C@H](CO)NC(=O)[C@@H](N)CS)C(=O)N[C@@H](CC(N)=O)C(=O)N[C@@H](CC(C)C)C(=O)N1CCC[C@H]1C(=O)N[C@@H](CCC(=O)O)C(=O)N[C@@H](C)C(=O)NCC(=O)N[C@@H](Cc1ccccc1)C(=O)N[C@@H](Cc1cnc[nH]1)C(=O)N[C@@H](Cc1cnc[nH]1)C(=O)N[C@H](C(=O)N[C@@H](C)C(=O)N[C@@H](CCC(N)=O)C(=O)O)C(C)C. The zero-order valence-electron chi connectivity index (χ0n) is 64.5. The lowest BCUT2D eigenvalue weighted by atomic mass is 10.00. The van der Waals surface area contributed by atoms with Crippen LogP contribution in [0.1, 0.15) is 130 Å². The molecule has 1 aromatic carbocycles. The van der Waals surface area contributed by atoms with E-state index < -0.39 is 229 Å². The Balaban J connectivity index is 1.49. The van der Waals surface area contributed by atoms with Gasteiger partial charge in [-0.05, 0) is 75.7 Å². The van der Waals surface area contributed by atoms with Gasteiger partial charge in [-0.25, -0.2) is 14.8 Å². The lowest BCUT2D eigenvalue weighted by Crippen LogP contribution is -2.61. The Morgan fingerprint density at radius 3 is 1.51 bits per heavy atom. The number of primary amides is 2. The maximum absolute atomic E-state index is 14.6. The first-order valence-electron chi connectivity index (χ1n) is 36.9. The largest absolute Gasteiger partial charge is 0.481 e. The lowest BCUT2D eigenvalue weighted by Gasteiger charge is -2.31. The molecule has 0 unspecified atom stereocenters. The standard InChI is InChI=1S/C71H107N21O21S/c1-34(2)21-45(85-67(108)51(30-93)90-60(101)42(72)31-114)62(103)88-49(26-54(74)95)65(106)89-50(22-35(3)4)70(111)92-20-12-15-52(92)68(109)83-43(17-19-56(97)98)61(102)80-37(7)58(99)77-29-55(96)82-46(23-39-13-10-9-11-14-39)63(104)86-47(24-40-27-75-32-78-40)64(105)87-48(25-41-28-76-33-79-41)66(107)91-57(36(5)6)69(110)81-38(8)59(100)84-44(71(112)113)16-18-53(73)94/h9-11,13-14,27-28,32-38,42-52,57,93,114H,12,15-26,29-31,72H2,1-8H3,(H2,73,94)(H2,74,95)(H,75,78)(H,76,79)(H,77,99)(H,80,102)(H,81,110)(H,82,96)(H,83,109)(H,84,100)(H,85,108)(H,86,104)(H,87,105)(H,88,103)(H,89,106)(H,90,101)(H,91,107)(H,97,98)(H,112,113)/t37-,38-,42-,43-,44-,45-,46-,47-,48-,49-,50-,51-,52-,57-/m0/s1. The number of aromatic nitrogens is 4. The Hall–Kier alpha value is -11.6. The molecule has 1 aliphatic heterocycles. The zero-order chi connectivity index (χ0) is 85.2. The number of nitrogens with two attached hydrogens (primary N) is 3. The Morgan fingerprint density at radius 1 is 0.518 bits per heavy atom. The number of imidazole rings is 2. The number of aromatic amines is 2. The molecule has 114 heavy (non-hydrogen) atoms. The van der Waals surface area contributed by atoms with Gasteiger partial charge in [0, 0.05) is 68.2 Å². The number of hydrogen-bond acceptors (Lipinski definition) is 23. The third kappa shape index (κ3) is 32.2. The van der Waals surface area contributed by atoms with E-state index in [1.807, 2.05) is 0 Å². The van der Waals surface area contributed by atoms with Gasteiger partial charge in [-0.15, -0.1) is 0 Å². The minimum atomic E-state index is -1.75. The van der Waals surface area contributed by atoms with Crippen LogP contribution in [-0.2, 0) is 106 Å². The van der Waals surface area contributed by atoms with Crippen molar-refractivity contribution in [2.75, 3.05) is 25.4 Å². The molecule has 0 aliphatic carbocycles. The fourth-order valence-electron chi connectivity index (χ4n) is 11.7. The van der Waals surface area contributed by atoms with Crippen molar-refractivity contribution in [2.45, 2.75) is 217 Å². The number of carboxylic acid groups (broad SMARTS) is 2. The molecular weight excluding hydrogens is 1510 g/mol. The molecule has 3 aromatic rings. The first kappa shape index (κ1) is 94.7. The number of aliphatic carboxylic acids is 2. The predicted molar refractivity (Wildman–Crippen MR) is 406 cm³/mol. The van der Waals surface area contributed by atoms with E-state index in [1.165, 1.54) is 38.9 Å². The van der Waals surface area contributed by atoms with Gasteiger partial charge in [0.15, 0.2) is 0 Å². The number of likely N-dealkylation sites (tertiary alicyclic amines) is 1. The average molecular weight is 1620 g/mol. The number of thiol groups is 1. The molecule has 3 heterocycles. The van der Waals surface area contributed by atoms with Crippen molar-refractivity contribution < 1.29 is 102 Å². The van der Waals surface area contributed by atoms with Crippen LogP contribution in [0.3, 0.4) is 0 Å². The number of carbonyl (C=O) groups is 18. The van der Waals surface area contributed by atoms with E-state index in [9.17, 15) is 102 Å². The summed E-state index contributed by atoms with van der Waals surface area (Å²) in [7, 11) is 0. The van der Waals surface area contributed by atoms with Gasteiger partial charge in [0.25, 0.3) is 0 Å². The molecule has 0 spiro atoms. The molecule has 0 bridgehead atoms. The second kappa shape index (κ2) is 47.0. The third-order valence-corrected chi connectivity index (χ3v) is 18.2. The Morgan fingerprint density at radius 2 is 0.991 bits per heavy atom. The molecule has 1 fully saturated rings. The normalized spacial score (nSPS) is 15.9. The van der Waals surface area contributed by atoms with Gasteiger partial charge in [0.1, 0.15) is 78.5 Å². The van der Waals surface area contributed by atoms with Gasteiger partial charge in [-0.3, -0.25) is 81.5 Å². The average Bonchev–Trinajstić information content (AvgIpc) is 1.63. The van der Waals surface area contributed by atoms with Gasteiger partial charge >= 0.3 is 11.9 Å². The van der Waals surface area contributed by atoms with Gasteiger partial charge in [-0.2, -0.15) is 12.6 Å². The highest BCUT2D eigenvalue weighted by atomic mass is 32.1. The lowest BCUT2D eigenvalue weighted by molar-refractivity contribution is -0.143. The van der Waals surface area contributed by atoms with E-state index in [4.69, 9.17) is 17.2 Å². The molecule has 24 N–H and O–H groups in total. The molecule has 4 rings (SSSR count). The second-order valence-corrected chi connectivity index (χ2v) is 29.0. The van der Waals surface area contributed by atoms with E-state index in [-0.39, 0.29) is 81.9 Å². The minimum absolute atomic E-state index is 0.00605. The van der Waals surface area contributed by atoms with E-state index in [2.05, 4.69) is 102 Å². The second-order valence-electron chi connectivity index (χ2n) is 28.6. The van der Waals surface area contributed by atoms with Crippen LogP contribution in [0.25, 0.3) is 0 Å². The number of aliphatic hydroxyl groups is 1. The maximum Gasteiger partial charge on any atom is 0.326 e. The van der Waals surface area contributed by atoms with Crippen molar-refractivity contribution in [3.05, 3.63) is 72.3 Å². The van der Waals surface area contributed by atoms with Crippen LogP contribution in [0.4, 0.5) is 0 Å².